The molecule has 2 saturated heterocycles. The van der Waals surface area contributed by atoms with Crippen molar-refractivity contribution < 1.29 is 123 Å². The van der Waals surface area contributed by atoms with Crippen molar-refractivity contribution in [2.45, 2.75) is 163 Å². The molecule has 7 aliphatic rings. The third-order valence-corrected chi connectivity index (χ3v) is 21.8. The highest BCUT2D eigenvalue weighted by molar-refractivity contribution is 6.35. The first-order chi connectivity index (χ1) is 56.9. The maximum absolute atomic E-state index is 16.3. The summed E-state index contributed by atoms with van der Waals surface area (Å²) < 4.78 is 39.4. The van der Waals surface area contributed by atoms with Crippen LogP contribution in [-0.2, 0) is 59.1 Å². The number of fused-ring (bicyclic) bond motifs is 15. The molecule has 9 amide bonds. The number of aromatic nitrogens is 1. The summed E-state index contributed by atoms with van der Waals surface area (Å²) in [6.07, 6.45) is -16.5. The Hall–Kier alpha value is -10.8. The highest BCUT2D eigenvalue weighted by atomic mass is 35.5. The predicted octanol–water partition coefficient (Wildman–Crippen LogP) is 3.31. The molecule has 1 aromatic heterocycles. The van der Waals surface area contributed by atoms with Gasteiger partial charge in [-0.05, 0) is 145 Å². The smallest absolute Gasteiger partial charge is 0.270 e. The number of phenolic OH excluding ortho intramolecular Hbond substituents is 3. The molecule has 14 rings (SSSR count). The van der Waals surface area contributed by atoms with Crippen LogP contribution in [-0.4, -0.2) is 202 Å². The van der Waals surface area contributed by atoms with E-state index in [4.69, 9.17) is 80.6 Å². The summed E-state index contributed by atoms with van der Waals surface area (Å²) in [5.74, 6) is -16.5. The topological polar surface area (TPSA) is 571 Å². The van der Waals surface area contributed by atoms with Crippen molar-refractivity contribution >= 4 is 105 Å². The number of nitrogens with zero attached hydrogens (tertiary/aromatic N) is 1. The number of carbonyl (C=O) groups is 9. The fourth-order valence-corrected chi connectivity index (χ4v) is 15.5. The Balaban J connectivity index is 1.03. The van der Waals surface area contributed by atoms with Crippen LogP contribution in [0, 0.1) is 5.92 Å². The summed E-state index contributed by atoms with van der Waals surface area (Å²) in [7, 11) is 1.47. The van der Waals surface area contributed by atoms with Gasteiger partial charge in [-0.3, -0.25) is 53.3 Å². The number of nitrogens with two attached hydrogens (primary N) is 1. The number of aliphatic hydroxyl groups excluding tert-OH is 6. The van der Waals surface area contributed by atoms with Gasteiger partial charge in [0.2, 0.25) is 53.4 Å². The van der Waals surface area contributed by atoms with Gasteiger partial charge in [-0.1, -0.05) is 78.5 Å². The van der Waals surface area contributed by atoms with Crippen LogP contribution in [0.25, 0.3) is 11.1 Å². The standard InChI is InChI=1S/C79H84Cl4N12O25/c1-30(2)12-46(85-5)71(107)93-61-63(101)34-7-10-50(44(82)17-34)116-52-19-36-20-53(67(52)120-78-68(66(104)65(103)54(29-96)118-78)119-56-25-79(4,69(105)31(3)115-56)87-27-32-13-40(28-86-26-32)88-70(106)37-14-38(80)21-39(81)15-37)117-51-11-8-35(18-45(51)83)64(102)62-76(112)92-60(77(113)95-114)43-22-41(97)23-49(99)57(43)42-16-33(6-9-48(42)98)58(73(109)94-62)91-74(110)59(36)90-72(108)47(24-55(84)100)89-75(61)111/h6-11,13-23,26,28,30-31,46-47,54,56,58-66,68-69,78,85,87,96-99,101-105,114H,12,24-25,27,29H2,1-5H3,(H2,84,100)(H,88,106)(H,89,111)(H,90,108)(H,91,110)(H,92,112)(H,93,107)(H,94,109)(H,95,113)/t31-,46+,47-,54+,56-,58+,59+,60+,61+,62-,63+,64+,65+,66-,68+,69+,78-,79-/m0/s1. The SMILES string of the molecule is CN[C@H](CC(C)C)C(=O)N[C@H]1C(=O)N[C@@H](CC(N)=O)C(=O)N[C@H]2C(=O)N[C@H]3C(=O)N[C@H](C(=O)N[C@@H](C(=O)NO)c4cc(O)cc(O)c4-c4cc3ccc4O)[C@H](O)c3ccc(c(Cl)c3)Oc3cc2cc(c3O[C@@H]2O[C@H](CO)[C@@H](O)[C@H](O)[C@H]2O[C@H]2C[C@](C)(NCc3cncc(NC(=O)c4cc(Cl)cc(Cl)c4)c3)[C@H](O)[C@H](C)O2)Oc2ccc(cc2Cl)[C@H]1O. The molecule has 7 aromatic rings. The molecule has 18 atom stereocenters. The van der Waals surface area contributed by atoms with Crippen LogP contribution in [0.3, 0.4) is 0 Å². The molecule has 120 heavy (non-hydrogen) atoms. The number of amides is 9. The van der Waals surface area contributed by atoms with Crippen LogP contribution >= 0.6 is 46.4 Å². The summed E-state index contributed by atoms with van der Waals surface area (Å²) in [5.41, 5.74) is 3.82. The van der Waals surface area contributed by atoms with Gasteiger partial charge >= 0.3 is 0 Å². The maximum Gasteiger partial charge on any atom is 0.270 e. The minimum atomic E-state index is -2.39. The Kier molecular flexibility index (Phi) is 27.3. The summed E-state index contributed by atoms with van der Waals surface area (Å²) in [5, 5.41) is 139. The van der Waals surface area contributed by atoms with Gasteiger partial charge in [-0.15, -0.1) is 0 Å². The van der Waals surface area contributed by atoms with Crippen molar-refractivity contribution in [1.29, 1.82) is 0 Å². The number of primary amides is 1. The molecule has 0 unspecified atom stereocenters. The molecular weight excluding hydrogens is 1660 g/mol. The lowest BCUT2D eigenvalue weighted by atomic mass is 9.84. The number of hydroxylamine groups is 1. The first-order valence-electron chi connectivity index (χ1n) is 37.3. The minimum absolute atomic E-state index is 0.0203. The highest BCUT2D eigenvalue weighted by Crippen LogP contribution is 2.50. The number of carbonyl (C=O) groups excluding carboxylic acids is 9. The monoisotopic (exact) mass is 1740 g/mol. The van der Waals surface area contributed by atoms with E-state index in [2.05, 4.69) is 52.8 Å². The van der Waals surface area contributed by atoms with Crippen molar-refractivity contribution in [2.24, 2.45) is 11.7 Å². The fraction of sp³-hybridized carbons (Fsp3) is 0.367. The molecule has 37 nitrogen and oxygen atoms in total. The number of nitrogens with one attached hydrogen (secondary N) is 10. The number of likely N-dealkylation sites (N-methyl/N-ethyl adjacent to an activating group) is 1. The van der Waals surface area contributed by atoms with Crippen molar-refractivity contribution in [3.63, 3.8) is 0 Å². The van der Waals surface area contributed by atoms with Gasteiger partial charge in [0.1, 0.15) is 95.5 Å². The van der Waals surface area contributed by atoms with Gasteiger partial charge in [0.15, 0.2) is 23.9 Å². The summed E-state index contributed by atoms with van der Waals surface area (Å²) in [4.78, 5) is 136. The Labute approximate surface area is 702 Å². The normalized spacial score (nSPS) is 26.5. The van der Waals surface area contributed by atoms with Crippen LogP contribution in [0.2, 0.25) is 20.1 Å². The second-order valence-corrected chi connectivity index (χ2v) is 31.5. The number of rotatable bonds is 18. The average molecular weight is 1740 g/mol. The zero-order chi connectivity index (χ0) is 86.8. The summed E-state index contributed by atoms with van der Waals surface area (Å²) in [6, 6.07) is 5.07. The van der Waals surface area contributed by atoms with Crippen molar-refractivity contribution in [1.82, 2.24) is 53.0 Å². The zero-order valence-electron chi connectivity index (χ0n) is 64.0. The van der Waals surface area contributed by atoms with Crippen LogP contribution in [0.15, 0.2) is 116 Å². The molecule has 7 aliphatic heterocycles. The third kappa shape index (κ3) is 19.5. The third-order valence-electron chi connectivity index (χ3n) is 20.7. The van der Waals surface area contributed by atoms with E-state index in [9.17, 15) is 75.1 Å². The molecular formula is C79H84Cl4N12O25. The molecule has 638 valence electrons. The Morgan fingerprint density at radius 1 is 0.692 bits per heavy atom. The number of hydrogen-bond acceptors (Lipinski definition) is 28. The number of benzene rings is 6. The molecule has 11 bridgehead atoms. The average Bonchev–Trinajstić information content (AvgIpc) is 0.764. The maximum atomic E-state index is 16.3. The minimum Gasteiger partial charge on any atom is -0.508 e. The second-order valence-electron chi connectivity index (χ2n) is 29.8. The van der Waals surface area contributed by atoms with Crippen molar-refractivity contribution in [2.75, 3.05) is 19.0 Å². The van der Waals surface area contributed by atoms with Crippen LogP contribution in [0.5, 0.6) is 46.0 Å². The summed E-state index contributed by atoms with van der Waals surface area (Å²) >= 11 is 26.7. The zero-order valence-corrected chi connectivity index (χ0v) is 67.1. The summed E-state index contributed by atoms with van der Waals surface area (Å²) in [6.45, 7) is 5.73. The first kappa shape index (κ1) is 88.5. The predicted molar refractivity (Wildman–Crippen MR) is 423 cm³/mol. The van der Waals surface area contributed by atoms with Crippen molar-refractivity contribution in [3.05, 3.63) is 175 Å². The molecule has 8 heterocycles. The molecule has 41 heteroatoms. The Morgan fingerprint density at radius 2 is 1.32 bits per heavy atom. The molecule has 0 radical (unpaired) electrons. The van der Waals surface area contributed by atoms with Crippen LogP contribution < -0.4 is 73.3 Å². The number of hydrogen-bond donors (Lipinski definition) is 21. The highest BCUT2D eigenvalue weighted by Gasteiger charge is 2.52. The van der Waals surface area contributed by atoms with E-state index in [0.717, 1.165) is 66.7 Å². The van der Waals surface area contributed by atoms with Gasteiger partial charge in [0.25, 0.3) is 11.8 Å². The molecule has 22 N–H and O–H groups in total. The number of pyridine rings is 1. The molecule has 0 spiro atoms. The van der Waals surface area contributed by atoms with E-state index < -0.39 is 248 Å². The number of aliphatic hydroxyl groups is 6. The van der Waals surface area contributed by atoms with Gasteiger partial charge < -0.3 is 128 Å². The van der Waals surface area contributed by atoms with E-state index in [1.165, 1.54) is 62.2 Å². The van der Waals surface area contributed by atoms with E-state index >= 15 is 19.2 Å². The molecule has 0 saturated carbocycles. The number of phenols is 3. The van der Waals surface area contributed by atoms with E-state index in [1.54, 1.807) is 13.0 Å². The van der Waals surface area contributed by atoms with Crippen LogP contribution in [0.4, 0.5) is 5.69 Å². The van der Waals surface area contributed by atoms with Gasteiger partial charge in [0.05, 0.1) is 53.2 Å². The number of aromatic hydroxyl groups is 3. The van der Waals surface area contributed by atoms with Crippen LogP contribution in [0.1, 0.15) is 121 Å². The lowest BCUT2D eigenvalue weighted by molar-refractivity contribution is -0.334. The van der Waals surface area contributed by atoms with Gasteiger partial charge in [-0.2, -0.15) is 0 Å². The number of ether oxygens (including phenoxy) is 6. The van der Waals surface area contributed by atoms with E-state index in [-0.39, 0.29) is 69.0 Å². The quantitative estimate of drug-likeness (QED) is 0.0433. The van der Waals surface area contributed by atoms with E-state index in [0.29, 0.717) is 5.56 Å². The van der Waals surface area contributed by atoms with E-state index in [1.807, 2.05) is 13.8 Å². The lowest BCUT2D eigenvalue weighted by Crippen LogP contribution is -2.65. The fourth-order valence-electron chi connectivity index (χ4n) is 14.6. The van der Waals surface area contributed by atoms with Crippen molar-refractivity contribution in [3.8, 4) is 57.1 Å². The lowest BCUT2D eigenvalue weighted by Gasteiger charge is -2.48. The molecule has 2 fully saturated rings. The molecule has 6 aromatic carbocycles. The largest absolute Gasteiger partial charge is 0.508 e. The Morgan fingerprint density at radius 3 is 1.95 bits per heavy atom. The second kappa shape index (κ2) is 37.0. The first-order valence-corrected chi connectivity index (χ1v) is 38.8. The van der Waals surface area contributed by atoms with Gasteiger partial charge in [-0.25, -0.2) is 5.48 Å². The number of anilines is 1. The number of halogens is 4. The molecule has 0 aliphatic carbocycles. The van der Waals surface area contributed by atoms with Gasteiger partial charge in [0, 0.05) is 57.5 Å². The Bertz CT molecular complexity index is 5130.